The summed E-state index contributed by atoms with van der Waals surface area (Å²) in [5.41, 5.74) is 2.93. The molecule has 0 saturated heterocycles. The minimum atomic E-state index is -0.0132. The molecule has 0 radical (unpaired) electrons. The Morgan fingerprint density at radius 2 is 2.15 bits per heavy atom. The predicted molar refractivity (Wildman–Crippen MR) is 81.8 cm³/mol. The van der Waals surface area contributed by atoms with Gasteiger partial charge in [0.2, 0.25) is 5.88 Å². The van der Waals surface area contributed by atoms with Crippen LogP contribution in [0.25, 0.3) is 11.6 Å². The van der Waals surface area contributed by atoms with E-state index in [9.17, 15) is 5.11 Å². The van der Waals surface area contributed by atoms with Crippen LogP contribution in [-0.2, 0) is 0 Å². The Morgan fingerprint density at radius 3 is 3.00 bits per heavy atom. The number of nitrogens with zero attached hydrogens (tertiary/aromatic N) is 2. The van der Waals surface area contributed by atoms with E-state index in [1.165, 1.54) is 11.3 Å². The van der Waals surface area contributed by atoms with Crippen LogP contribution in [0.4, 0.5) is 10.8 Å². The lowest BCUT2D eigenvalue weighted by molar-refractivity contribution is 0.311. The average molecular weight is 287 g/mol. The molecule has 6 heteroatoms. The molecule has 3 rings (SSSR count). The normalized spacial score (nSPS) is 14.8. The minimum absolute atomic E-state index is 0.0132. The van der Waals surface area contributed by atoms with E-state index in [1.54, 1.807) is 6.21 Å². The molecule has 5 nitrogen and oxygen atoms in total. The van der Waals surface area contributed by atoms with Gasteiger partial charge in [0.25, 0.3) is 0 Å². The summed E-state index contributed by atoms with van der Waals surface area (Å²) in [4.78, 5) is 9.00. The lowest BCUT2D eigenvalue weighted by Gasteiger charge is -1.97. The standard InChI is InChI=1S/C14H13N3O2S/c18-6-5-15-14-17-13(19)12(20-14)7-9-8-16-11-4-2-1-3-10(9)11/h1-4,7-8,18-19H,5-6H2,(H,15,17)/b9-7+. The molecule has 0 amide bonds. The fourth-order valence-corrected chi connectivity index (χ4v) is 2.79. The van der Waals surface area contributed by atoms with Gasteiger partial charge in [-0.05, 0) is 12.1 Å². The van der Waals surface area contributed by atoms with Crippen LogP contribution >= 0.6 is 11.3 Å². The first-order valence-electron chi connectivity index (χ1n) is 6.17. The van der Waals surface area contributed by atoms with Crippen molar-refractivity contribution in [1.29, 1.82) is 0 Å². The molecule has 1 aliphatic rings. The second-order valence-corrected chi connectivity index (χ2v) is 5.26. The molecule has 1 aromatic heterocycles. The van der Waals surface area contributed by atoms with Crippen molar-refractivity contribution < 1.29 is 10.2 Å². The highest BCUT2D eigenvalue weighted by Gasteiger charge is 2.14. The number of hydrogen-bond acceptors (Lipinski definition) is 6. The van der Waals surface area contributed by atoms with Crippen LogP contribution in [0.2, 0.25) is 0 Å². The van der Waals surface area contributed by atoms with Crippen LogP contribution in [0.1, 0.15) is 10.4 Å². The quantitative estimate of drug-likeness (QED) is 0.807. The number of nitrogens with one attached hydrogen (secondary N) is 1. The highest BCUT2D eigenvalue weighted by Crippen LogP contribution is 2.36. The number of aromatic hydroxyl groups is 1. The van der Waals surface area contributed by atoms with E-state index in [2.05, 4.69) is 15.3 Å². The summed E-state index contributed by atoms with van der Waals surface area (Å²) < 4.78 is 0. The van der Waals surface area contributed by atoms with Crippen LogP contribution in [-0.4, -0.2) is 34.6 Å². The number of aliphatic hydroxyl groups is 1. The van der Waals surface area contributed by atoms with Gasteiger partial charge in [-0.2, -0.15) is 4.98 Å². The van der Waals surface area contributed by atoms with Crippen molar-refractivity contribution in [1.82, 2.24) is 4.98 Å². The number of aromatic nitrogens is 1. The number of rotatable bonds is 4. The van der Waals surface area contributed by atoms with Crippen molar-refractivity contribution in [3.8, 4) is 5.88 Å². The summed E-state index contributed by atoms with van der Waals surface area (Å²) in [6, 6.07) is 7.85. The zero-order valence-corrected chi connectivity index (χ0v) is 11.4. The fourth-order valence-electron chi connectivity index (χ4n) is 1.95. The van der Waals surface area contributed by atoms with E-state index in [-0.39, 0.29) is 12.5 Å². The molecule has 1 aromatic carbocycles. The Hall–Kier alpha value is -2.18. The maximum Gasteiger partial charge on any atom is 0.231 e. The van der Waals surface area contributed by atoms with Crippen LogP contribution in [0.15, 0.2) is 29.3 Å². The SMILES string of the molecule is OCCNc1nc(O)c(/C=C2\C=Nc3ccccc32)s1. The summed E-state index contributed by atoms with van der Waals surface area (Å²) in [5.74, 6) is -0.0132. The van der Waals surface area contributed by atoms with Gasteiger partial charge >= 0.3 is 0 Å². The lowest BCUT2D eigenvalue weighted by atomic mass is 10.1. The molecular formula is C14H13N3O2S. The molecule has 0 spiro atoms. The van der Waals surface area contributed by atoms with Crippen LogP contribution in [0.5, 0.6) is 5.88 Å². The Balaban J connectivity index is 1.90. The van der Waals surface area contributed by atoms with E-state index >= 15 is 0 Å². The largest absolute Gasteiger partial charge is 0.492 e. The van der Waals surface area contributed by atoms with Crippen molar-refractivity contribution in [3.05, 3.63) is 34.7 Å². The number of aliphatic hydroxyl groups excluding tert-OH is 1. The third-order valence-electron chi connectivity index (χ3n) is 2.87. The number of para-hydroxylation sites is 1. The molecular weight excluding hydrogens is 274 g/mol. The molecule has 0 bridgehead atoms. The molecule has 1 aliphatic heterocycles. The lowest BCUT2D eigenvalue weighted by Crippen LogP contribution is -2.04. The smallest absolute Gasteiger partial charge is 0.231 e. The monoisotopic (exact) mass is 287 g/mol. The third-order valence-corrected chi connectivity index (χ3v) is 3.82. The number of anilines is 1. The van der Waals surface area contributed by atoms with E-state index in [4.69, 9.17) is 5.11 Å². The maximum atomic E-state index is 9.85. The Kier molecular flexibility index (Phi) is 3.49. The number of fused-ring (bicyclic) bond motifs is 1. The third kappa shape index (κ3) is 2.43. The van der Waals surface area contributed by atoms with Gasteiger partial charge in [-0.15, -0.1) is 0 Å². The van der Waals surface area contributed by atoms with Crippen molar-refractivity contribution in [3.63, 3.8) is 0 Å². The molecule has 2 heterocycles. The molecule has 20 heavy (non-hydrogen) atoms. The summed E-state index contributed by atoms with van der Waals surface area (Å²) in [6.45, 7) is 0.435. The molecule has 102 valence electrons. The van der Waals surface area contributed by atoms with E-state index in [1.807, 2.05) is 30.3 Å². The van der Waals surface area contributed by atoms with Crippen molar-refractivity contribution in [2.24, 2.45) is 4.99 Å². The van der Waals surface area contributed by atoms with Gasteiger partial charge in [0, 0.05) is 23.9 Å². The number of benzene rings is 1. The molecule has 0 unspecified atom stereocenters. The summed E-state index contributed by atoms with van der Waals surface area (Å²) in [7, 11) is 0. The van der Waals surface area contributed by atoms with Gasteiger partial charge in [0.15, 0.2) is 5.13 Å². The molecule has 0 atom stereocenters. The van der Waals surface area contributed by atoms with Gasteiger partial charge < -0.3 is 15.5 Å². The topological polar surface area (TPSA) is 77.7 Å². The number of hydrogen-bond donors (Lipinski definition) is 3. The maximum absolute atomic E-state index is 9.85. The van der Waals surface area contributed by atoms with Gasteiger partial charge in [-0.3, -0.25) is 4.99 Å². The second-order valence-electron chi connectivity index (χ2n) is 4.23. The second kappa shape index (κ2) is 5.44. The predicted octanol–water partition coefficient (Wildman–Crippen LogP) is 2.51. The number of thiazole rings is 1. The zero-order valence-electron chi connectivity index (χ0n) is 10.6. The molecule has 0 saturated carbocycles. The first-order valence-corrected chi connectivity index (χ1v) is 6.99. The van der Waals surface area contributed by atoms with E-state index in [0.29, 0.717) is 16.6 Å². The van der Waals surface area contributed by atoms with E-state index in [0.717, 1.165) is 16.8 Å². The van der Waals surface area contributed by atoms with Crippen LogP contribution in [0, 0.1) is 0 Å². The van der Waals surface area contributed by atoms with Crippen molar-refractivity contribution in [2.75, 3.05) is 18.5 Å². The Morgan fingerprint density at radius 1 is 1.30 bits per heavy atom. The summed E-state index contributed by atoms with van der Waals surface area (Å²) >= 11 is 1.34. The molecule has 0 aliphatic carbocycles. The van der Waals surface area contributed by atoms with Crippen molar-refractivity contribution >= 4 is 40.0 Å². The summed E-state index contributed by atoms with van der Waals surface area (Å²) in [6.07, 6.45) is 3.65. The summed E-state index contributed by atoms with van der Waals surface area (Å²) in [5, 5.41) is 22.1. The average Bonchev–Trinajstić information content (AvgIpc) is 3.02. The molecule has 0 fully saturated rings. The van der Waals surface area contributed by atoms with Gasteiger partial charge in [0.05, 0.1) is 17.2 Å². The Labute approximate surface area is 120 Å². The van der Waals surface area contributed by atoms with Gasteiger partial charge in [-0.1, -0.05) is 29.5 Å². The minimum Gasteiger partial charge on any atom is -0.492 e. The van der Waals surface area contributed by atoms with Crippen molar-refractivity contribution in [2.45, 2.75) is 0 Å². The van der Waals surface area contributed by atoms with E-state index < -0.39 is 0 Å². The Bertz CT molecular complexity index is 691. The molecule has 3 N–H and O–H groups in total. The van der Waals surface area contributed by atoms with Gasteiger partial charge in [0.1, 0.15) is 0 Å². The first-order chi connectivity index (χ1) is 9.78. The highest BCUT2D eigenvalue weighted by molar-refractivity contribution is 7.16. The highest BCUT2D eigenvalue weighted by atomic mass is 32.1. The fraction of sp³-hybridized carbons (Fsp3) is 0.143. The first kappa shape index (κ1) is 12.8. The van der Waals surface area contributed by atoms with Crippen LogP contribution < -0.4 is 5.32 Å². The van der Waals surface area contributed by atoms with Gasteiger partial charge in [-0.25, -0.2) is 0 Å². The zero-order chi connectivity index (χ0) is 13.9. The molecule has 2 aromatic rings. The number of aliphatic imine (C=N–C) groups is 1. The van der Waals surface area contributed by atoms with Crippen LogP contribution in [0.3, 0.4) is 0 Å². The number of allylic oxidation sites excluding steroid dienone is 1.